The highest BCUT2D eigenvalue weighted by atomic mass is 32.1. The van der Waals surface area contributed by atoms with E-state index in [1.807, 2.05) is 13.0 Å². The molecular formula is C21H18F4N4O3S. The number of amides is 2. The number of urea groups is 1. The number of fused-ring (bicyclic) bond motifs is 1. The van der Waals surface area contributed by atoms with Crippen LogP contribution in [0.1, 0.15) is 16.0 Å². The van der Waals surface area contributed by atoms with E-state index in [1.54, 1.807) is 32.6 Å². The van der Waals surface area contributed by atoms with Gasteiger partial charge in [0.15, 0.2) is 16.3 Å². The Morgan fingerprint density at radius 2 is 1.85 bits per heavy atom. The quantitative estimate of drug-likeness (QED) is 0.510. The number of halogens is 4. The molecule has 0 fully saturated rings. The molecule has 0 N–H and O–H groups in total. The maximum Gasteiger partial charge on any atom is 0.507 e. The average molecular weight is 482 g/mol. The number of aryl methyl sites for hydroxylation is 2. The molecule has 2 amide bonds. The van der Waals surface area contributed by atoms with Crippen molar-refractivity contribution in [3.63, 3.8) is 0 Å². The number of pyridine rings is 1. The van der Waals surface area contributed by atoms with E-state index in [1.165, 1.54) is 26.9 Å². The molecule has 0 aliphatic carbocycles. The van der Waals surface area contributed by atoms with Gasteiger partial charge in [0.1, 0.15) is 0 Å². The summed E-state index contributed by atoms with van der Waals surface area (Å²) in [6.45, 7) is 3.98. The van der Waals surface area contributed by atoms with Crippen LogP contribution in [0.5, 0.6) is 11.5 Å². The van der Waals surface area contributed by atoms with Gasteiger partial charge < -0.3 is 14.4 Å². The van der Waals surface area contributed by atoms with E-state index in [9.17, 15) is 22.4 Å². The van der Waals surface area contributed by atoms with Gasteiger partial charge in [0.05, 0.1) is 5.69 Å². The first-order chi connectivity index (χ1) is 15.5. The van der Waals surface area contributed by atoms with Gasteiger partial charge in [-0.25, -0.2) is 4.79 Å². The van der Waals surface area contributed by atoms with Gasteiger partial charge >= 0.3 is 18.2 Å². The molecule has 0 radical (unpaired) electrons. The molecule has 7 nitrogen and oxygen atoms in total. The summed E-state index contributed by atoms with van der Waals surface area (Å²) in [5.74, 6) is -1.08. The van der Waals surface area contributed by atoms with E-state index >= 15 is 0 Å². The lowest BCUT2D eigenvalue weighted by atomic mass is 10.1. The fourth-order valence-electron chi connectivity index (χ4n) is 3.09. The monoisotopic (exact) mass is 482 g/mol. The molecule has 3 aromatic rings. The van der Waals surface area contributed by atoms with E-state index in [-0.39, 0.29) is 10.5 Å². The third kappa shape index (κ3) is 4.42. The first-order valence-electron chi connectivity index (χ1n) is 9.63. The number of carbonyl (C=O) groups excluding carboxylic acids is 1. The van der Waals surface area contributed by atoms with Crippen LogP contribution in [-0.4, -0.2) is 39.7 Å². The normalized spacial score (nSPS) is 16.5. The van der Waals surface area contributed by atoms with Crippen LogP contribution in [0.15, 0.2) is 47.8 Å². The van der Waals surface area contributed by atoms with Crippen LogP contribution in [0.2, 0.25) is 0 Å². The second kappa shape index (κ2) is 8.18. The van der Waals surface area contributed by atoms with Crippen molar-refractivity contribution in [1.82, 2.24) is 14.5 Å². The van der Waals surface area contributed by atoms with E-state index in [0.29, 0.717) is 6.54 Å². The predicted molar refractivity (Wildman–Crippen MR) is 111 cm³/mol. The van der Waals surface area contributed by atoms with Crippen LogP contribution >= 0.6 is 11.3 Å². The third-order valence-electron chi connectivity index (χ3n) is 4.85. The van der Waals surface area contributed by atoms with Gasteiger partial charge in [-0.05, 0) is 43.2 Å². The van der Waals surface area contributed by atoms with Crippen LogP contribution in [0, 0.1) is 13.8 Å². The number of thiazole rings is 1. The molecule has 0 spiro atoms. The van der Waals surface area contributed by atoms with Gasteiger partial charge in [-0.2, -0.15) is 22.6 Å². The number of rotatable bonds is 3. The summed E-state index contributed by atoms with van der Waals surface area (Å²) in [6, 6.07) is 4.88. The maximum absolute atomic E-state index is 13.6. The van der Waals surface area contributed by atoms with Gasteiger partial charge in [-0.1, -0.05) is 0 Å². The molecular weight excluding hydrogens is 464 g/mol. The number of hydrogen-bond donors (Lipinski definition) is 0. The second-order valence-corrected chi connectivity index (χ2v) is 8.63. The van der Waals surface area contributed by atoms with E-state index in [4.69, 9.17) is 0 Å². The first-order valence-corrected chi connectivity index (χ1v) is 10.4. The highest BCUT2D eigenvalue weighted by Gasteiger charge is 2.65. The Labute approximate surface area is 189 Å². The van der Waals surface area contributed by atoms with Gasteiger partial charge in [0.25, 0.3) is 0 Å². The largest absolute Gasteiger partial charge is 0.507 e. The molecule has 0 bridgehead atoms. The minimum atomic E-state index is -4.83. The summed E-state index contributed by atoms with van der Waals surface area (Å²) < 4.78 is 63.7. The molecule has 0 saturated heterocycles. The highest BCUT2D eigenvalue weighted by molar-refractivity contribution is 7.09. The molecule has 2 aromatic heterocycles. The van der Waals surface area contributed by atoms with Crippen molar-refractivity contribution in [3.05, 3.63) is 63.7 Å². The molecule has 0 unspecified atom stereocenters. The minimum Gasteiger partial charge on any atom is -0.421 e. The van der Waals surface area contributed by atoms with Crippen LogP contribution in [0.4, 0.5) is 22.4 Å². The zero-order valence-corrected chi connectivity index (χ0v) is 18.5. The summed E-state index contributed by atoms with van der Waals surface area (Å²) >= 11 is 1.20. The van der Waals surface area contributed by atoms with Crippen LogP contribution in [0.25, 0.3) is 5.69 Å². The van der Waals surface area contributed by atoms with E-state index in [2.05, 4.69) is 19.5 Å². The summed E-state index contributed by atoms with van der Waals surface area (Å²) in [5, 5.41) is 0. The van der Waals surface area contributed by atoms with Crippen LogP contribution in [-0.2, 0) is 6.54 Å². The van der Waals surface area contributed by atoms with Crippen LogP contribution in [0.3, 0.4) is 0 Å². The smallest absolute Gasteiger partial charge is 0.421 e. The average Bonchev–Trinajstić information content (AvgIpc) is 3.09. The molecule has 4 rings (SSSR count). The van der Waals surface area contributed by atoms with Gasteiger partial charge in [-0.15, -0.1) is 11.3 Å². The molecule has 3 heterocycles. The lowest BCUT2D eigenvalue weighted by Gasteiger charge is -2.31. The Hall–Kier alpha value is -3.41. The summed E-state index contributed by atoms with van der Waals surface area (Å²) in [7, 11) is 1.60. The molecule has 1 aliphatic rings. The standard InChI is InChI=1S/C21H18F4N4O3S/c1-12-9-26-7-6-14(12)11-28(3)18(30)27-19-29(10-13(2)33-19)15-4-5-16-17(8-15)32-21(24,25)20(22,23)31-16/h4-10H,11H2,1-3H3. The van der Waals surface area contributed by atoms with Crippen molar-refractivity contribution >= 4 is 17.4 Å². The Bertz CT molecular complexity index is 1290. The van der Waals surface area contributed by atoms with Crippen molar-refractivity contribution in [2.75, 3.05) is 7.05 Å². The lowest BCUT2D eigenvalue weighted by molar-refractivity contribution is -0.391. The Morgan fingerprint density at radius 1 is 1.15 bits per heavy atom. The number of alkyl halides is 4. The molecule has 1 aliphatic heterocycles. The first kappa shape index (κ1) is 22.8. The highest BCUT2D eigenvalue weighted by Crippen LogP contribution is 2.47. The third-order valence-corrected chi connectivity index (χ3v) is 5.75. The summed E-state index contributed by atoms with van der Waals surface area (Å²) in [5.41, 5.74) is 2.12. The number of carbonyl (C=O) groups is 1. The van der Waals surface area contributed by atoms with Crippen molar-refractivity contribution in [1.29, 1.82) is 0 Å². The molecule has 174 valence electrons. The summed E-state index contributed by atoms with van der Waals surface area (Å²) in [4.78, 5) is 23.4. The molecule has 33 heavy (non-hydrogen) atoms. The molecule has 0 atom stereocenters. The Balaban J connectivity index is 1.65. The Morgan fingerprint density at radius 3 is 2.55 bits per heavy atom. The van der Waals surface area contributed by atoms with Crippen molar-refractivity contribution < 1.29 is 31.8 Å². The fourth-order valence-corrected chi connectivity index (χ4v) is 3.92. The van der Waals surface area contributed by atoms with Crippen LogP contribution < -0.4 is 14.3 Å². The second-order valence-electron chi connectivity index (χ2n) is 7.42. The van der Waals surface area contributed by atoms with Crippen molar-refractivity contribution in [2.45, 2.75) is 32.6 Å². The maximum atomic E-state index is 13.6. The molecule has 0 saturated carbocycles. The number of nitrogens with zero attached hydrogens (tertiary/aromatic N) is 4. The van der Waals surface area contributed by atoms with Crippen molar-refractivity contribution in [2.24, 2.45) is 4.99 Å². The number of aromatic nitrogens is 2. The summed E-state index contributed by atoms with van der Waals surface area (Å²) in [6.07, 6.45) is -4.65. The topological polar surface area (TPSA) is 69.0 Å². The minimum absolute atomic E-state index is 0.268. The zero-order valence-electron chi connectivity index (χ0n) is 17.7. The SMILES string of the molecule is Cc1cn(-c2ccc3c(c2)OC(F)(F)C(F)(F)O3)c(=NC(=O)N(C)Cc2ccncc2C)s1. The van der Waals surface area contributed by atoms with Gasteiger partial charge in [0, 0.05) is 43.1 Å². The van der Waals surface area contributed by atoms with Gasteiger partial charge in [0.2, 0.25) is 0 Å². The van der Waals surface area contributed by atoms with E-state index in [0.717, 1.165) is 28.1 Å². The number of ether oxygens (including phenoxy) is 2. The fraction of sp³-hybridized carbons (Fsp3) is 0.286. The predicted octanol–water partition coefficient (Wildman–Crippen LogP) is 4.66. The zero-order chi connectivity index (χ0) is 24.0. The lowest BCUT2D eigenvalue weighted by Crippen LogP contribution is -2.52. The van der Waals surface area contributed by atoms with Gasteiger partial charge in [-0.3, -0.25) is 9.55 Å². The molecule has 12 heteroatoms. The van der Waals surface area contributed by atoms with E-state index < -0.39 is 29.7 Å². The van der Waals surface area contributed by atoms with Crippen molar-refractivity contribution in [3.8, 4) is 17.2 Å². The molecule has 1 aromatic carbocycles. The number of benzene rings is 1. The number of hydrogen-bond acceptors (Lipinski definition) is 5. The Kier molecular flexibility index (Phi) is 5.64.